The van der Waals surface area contributed by atoms with Crippen LogP contribution in [-0.4, -0.2) is 18.1 Å². The monoisotopic (exact) mass is 142 g/mol. The lowest BCUT2D eigenvalue weighted by Crippen LogP contribution is -2.52. The highest BCUT2D eigenvalue weighted by atomic mass is 15.0. The fourth-order valence-corrected chi connectivity index (χ4v) is 1.54. The van der Waals surface area contributed by atoms with Crippen LogP contribution in [0.1, 0.15) is 33.1 Å². The molecule has 0 aromatic rings. The summed E-state index contributed by atoms with van der Waals surface area (Å²) in [6.45, 7) is 4.40. The Bertz CT molecular complexity index is 103. The summed E-state index contributed by atoms with van der Waals surface area (Å²) in [4.78, 5) is 0. The number of nitrogens with one attached hydrogen (secondary N) is 1. The maximum absolute atomic E-state index is 5.83. The van der Waals surface area contributed by atoms with Gasteiger partial charge in [0, 0.05) is 18.1 Å². The lowest BCUT2D eigenvalue weighted by Gasteiger charge is -2.32. The summed E-state index contributed by atoms with van der Waals surface area (Å²) in [6.07, 6.45) is 3.67. The van der Waals surface area contributed by atoms with Gasteiger partial charge in [0.15, 0.2) is 0 Å². The van der Waals surface area contributed by atoms with Crippen LogP contribution in [0.4, 0.5) is 0 Å². The molecule has 3 unspecified atom stereocenters. The van der Waals surface area contributed by atoms with Crippen LogP contribution in [0.25, 0.3) is 0 Å². The van der Waals surface area contributed by atoms with E-state index in [0.29, 0.717) is 12.1 Å². The second-order valence-electron chi connectivity index (χ2n) is 3.30. The lowest BCUT2D eigenvalue weighted by atomic mass is 9.94. The highest BCUT2D eigenvalue weighted by Crippen LogP contribution is 2.13. The molecule has 0 aromatic carbocycles. The van der Waals surface area contributed by atoms with Crippen LogP contribution < -0.4 is 11.1 Å². The molecule has 1 fully saturated rings. The van der Waals surface area contributed by atoms with E-state index < -0.39 is 0 Å². The van der Waals surface area contributed by atoms with Crippen molar-refractivity contribution in [3.63, 3.8) is 0 Å². The minimum absolute atomic E-state index is 0.378. The molecule has 1 aliphatic rings. The normalized spacial score (nSPS) is 41.7. The first-order valence-electron chi connectivity index (χ1n) is 4.25. The third-order valence-electron chi connectivity index (χ3n) is 2.48. The van der Waals surface area contributed by atoms with Crippen molar-refractivity contribution in [1.29, 1.82) is 0 Å². The van der Waals surface area contributed by atoms with Crippen molar-refractivity contribution in [2.75, 3.05) is 0 Å². The minimum atomic E-state index is 0.378. The summed E-state index contributed by atoms with van der Waals surface area (Å²) < 4.78 is 0. The first-order valence-corrected chi connectivity index (χ1v) is 4.25. The zero-order valence-electron chi connectivity index (χ0n) is 6.93. The first-order chi connectivity index (χ1) is 4.74. The van der Waals surface area contributed by atoms with Gasteiger partial charge in [0.25, 0.3) is 0 Å². The van der Waals surface area contributed by atoms with E-state index in [2.05, 4.69) is 19.2 Å². The van der Waals surface area contributed by atoms with Gasteiger partial charge >= 0.3 is 0 Å². The van der Waals surface area contributed by atoms with Crippen LogP contribution in [0.5, 0.6) is 0 Å². The number of nitrogens with two attached hydrogens (primary N) is 1. The summed E-state index contributed by atoms with van der Waals surface area (Å²) in [5.41, 5.74) is 5.83. The van der Waals surface area contributed by atoms with Gasteiger partial charge < -0.3 is 11.1 Å². The Balaban J connectivity index is 2.33. The van der Waals surface area contributed by atoms with Gasteiger partial charge in [-0.05, 0) is 26.2 Å². The summed E-state index contributed by atoms with van der Waals surface area (Å²) in [6, 6.07) is 1.61. The molecule has 60 valence electrons. The predicted molar refractivity (Wildman–Crippen MR) is 43.9 cm³/mol. The summed E-state index contributed by atoms with van der Waals surface area (Å²) in [7, 11) is 0. The first kappa shape index (κ1) is 8.02. The molecule has 1 aliphatic heterocycles. The highest BCUT2D eigenvalue weighted by molar-refractivity contribution is 4.85. The zero-order chi connectivity index (χ0) is 7.56. The molecule has 2 nitrogen and oxygen atoms in total. The third kappa shape index (κ3) is 1.70. The molecule has 0 aliphatic carbocycles. The number of hydrogen-bond donors (Lipinski definition) is 2. The molecule has 0 amide bonds. The van der Waals surface area contributed by atoms with E-state index in [9.17, 15) is 0 Å². The van der Waals surface area contributed by atoms with E-state index in [-0.39, 0.29) is 0 Å². The second kappa shape index (κ2) is 3.35. The topological polar surface area (TPSA) is 38.0 Å². The van der Waals surface area contributed by atoms with E-state index in [1.54, 1.807) is 0 Å². The molecule has 1 saturated heterocycles. The van der Waals surface area contributed by atoms with E-state index >= 15 is 0 Å². The number of piperidine rings is 1. The largest absolute Gasteiger partial charge is 0.326 e. The molecule has 3 N–H and O–H groups in total. The van der Waals surface area contributed by atoms with Gasteiger partial charge in [-0.25, -0.2) is 0 Å². The van der Waals surface area contributed by atoms with Gasteiger partial charge in [0.1, 0.15) is 0 Å². The molecule has 1 heterocycles. The van der Waals surface area contributed by atoms with Gasteiger partial charge in [0.2, 0.25) is 0 Å². The van der Waals surface area contributed by atoms with E-state index in [4.69, 9.17) is 5.73 Å². The van der Waals surface area contributed by atoms with Gasteiger partial charge in [-0.1, -0.05) is 6.92 Å². The van der Waals surface area contributed by atoms with Crippen LogP contribution in [0.2, 0.25) is 0 Å². The molecule has 10 heavy (non-hydrogen) atoms. The molecule has 0 aromatic heterocycles. The Morgan fingerprint density at radius 2 is 2.20 bits per heavy atom. The zero-order valence-corrected chi connectivity index (χ0v) is 6.93. The Morgan fingerprint density at radius 1 is 1.50 bits per heavy atom. The minimum Gasteiger partial charge on any atom is -0.326 e. The average molecular weight is 142 g/mol. The molecule has 0 spiro atoms. The van der Waals surface area contributed by atoms with Crippen LogP contribution in [0.3, 0.4) is 0 Å². The average Bonchev–Trinajstić information content (AvgIpc) is 1.95. The molecule has 0 saturated carbocycles. The van der Waals surface area contributed by atoms with Gasteiger partial charge in [-0.2, -0.15) is 0 Å². The van der Waals surface area contributed by atoms with Crippen molar-refractivity contribution in [2.24, 2.45) is 5.73 Å². The van der Waals surface area contributed by atoms with Crippen molar-refractivity contribution in [1.82, 2.24) is 5.32 Å². The highest BCUT2D eigenvalue weighted by Gasteiger charge is 2.22. The fourth-order valence-electron chi connectivity index (χ4n) is 1.54. The van der Waals surface area contributed by atoms with Gasteiger partial charge in [-0.15, -0.1) is 0 Å². The maximum atomic E-state index is 5.83. The van der Waals surface area contributed by atoms with Gasteiger partial charge in [-0.3, -0.25) is 0 Å². The molecule has 3 atom stereocenters. The Kier molecular flexibility index (Phi) is 2.69. The SMILES string of the molecule is CCC1CCC(N)C(C)N1. The van der Waals surface area contributed by atoms with Crippen molar-refractivity contribution in [3.05, 3.63) is 0 Å². The summed E-state index contributed by atoms with van der Waals surface area (Å²) in [5.74, 6) is 0. The smallest absolute Gasteiger partial charge is 0.0193 e. The Hall–Kier alpha value is -0.0800. The maximum Gasteiger partial charge on any atom is 0.0193 e. The van der Waals surface area contributed by atoms with Crippen molar-refractivity contribution < 1.29 is 0 Å². The lowest BCUT2D eigenvalue weighted by molar-refractivity contribution is 0.294. The van der Waals surface area contributed by atoms with Crippen LogP contribution >= 0.6 is 0 Å². The quantitative estimate of drug-likeness (QED) is 0.570. The van der Waals surface area contributed by atoms with E-state index in [0.717, 1.165) is 6.04 Å². The summed E-state index contributed by atoms with van der Waals surface area (Å²) >= 11 is 0. The van der Waals surface area contributed by atoms with E-state index in [1.165, 1.54) is 19.3 Å². The van der Waals surface area contributed by atoms with Crippen molar-refractivity contribution in [3.8, 4) is 0 Å². The molecule has 2 heteroatoms. The molecular weight excluding hydrogens is 124 g/mol. The van der Waals surface area contributed by atoms with Crippen LogP contribution in [0.15, 0.2) is 0 Å². The standard InChI is InChI=1S/C8H18N2/c1-3-7-4-5-8(9)6(2)10-7/h6-8,10H,3-5,9H2,1-2H3. The molecule has 0 radical (unpaired) electrons. The van der Waals surface area contributed by atoms with Crippen molar-refractivity contribution >= 4 is 0 Å². The summed E-state index contributed by atoms with van der Waals surface area (Å²) in [5, 5.41) is 3.49. The van der Waals surface area contributed by atoms with Crippen molar-refractivity contribution in [2.45, 2.75) is 51.2 Å². The molecule has 0 bridgehead atoms. The predicted octanol–water partition coefficient (Wildman–Crippen LogP) is 0.864. The van der Waals surface area contributed by atoms with Gasteiger partial charge in [0.05, 0.1) is 0 Å². The second-order valence-corrected chi connectivity index (χ2v) is 3.30. The van der Waals surface area contributed by atoms with Crippen LogP contribution in [-0.2, 0) is 0 Å². The Morgan fingerprint density at radius 3 is 2.70 bits per heavy atom. The molecular formula is C8H18N2. The van der Waals surface area contributed by atoms with Crippen LogP contribution in [0, 0.1) is 0 Å². The number of hydrogen-bond acceptors (Lipinski definition) is 2. The molecule has 1 rings (SSSR count). The Labute approximate surface area is 63.2 Å². The third-order valence-corrected chi connectivity index (χ3v) is 2.48. The number of rotatable bonds is 1. The van der Waals surface area contributed by atoms with E-state index in [1.807, 2.05) is 0 Å². The fraction of sp³-hybridized carbons (Fsp3) is 1.00.